The van der Waals surface area contributed by atoms with Crippen molar-refractivity contribution in [3.05, 3.63) is 66.7 Å². The molecule has 240 valence electrons. The quantitative estimate of drug-likeness (QED) is 0.112. The Morgan fingerprint density at radius 2 is 1.25 bits per heavy atom. The minimum atomic E-state index is -6.54. The van der Waals surface area contributed by atoms with Crippen LogP contribution in [0.1, 0.15) is 0 Å². The van der Waals surface area contributed by atoms with Crippen LogP contribution >= 0.6 is 10.5 Å². The zero-order valence-corrected chi connectivity index (χ0v) is 22.8. The monoisotopic (exact) mass is 685 g/mol. The van der Waals surface area contributed by atoms with Crippen molar-refractivity contribution < 1.29 is 75.8 Å². The first kappa shape index (κ1) is 33.5. The number of thiophene rings is 1. The lowest BCUT2D eigenvalue weighted by Crippen LogP contribution is -2.60. The van der Waals surface area contributed by atoms with Crippen molar-refractivity contribution in [3.63, 3.8) is 0 Å². The minimum Gasteiger partial charge on any atom is -0.490 e. The largest absolute Gasteiger partial charge is 0.490 e. The van der Waals surface area contributed by atoms with Gasteiger partial charge in [0.1, 0.15) is 18.1 Å². The second-order valence-corrected chi connectivity index (χ2v) is 12.6. The number of rotatable bonds is 8. The first-order chi connectivity index (χ1) is 20.0. The average Bonchev–Trinajstić information content (AvgIpc) is 3.21. The Labute approximate surface area is 241 Å². The van der Waals surface area contributed by atoms with Crippen molar-refractivity contribution in [2.24, 2.45) is 0 Å². The van der Waals surface area contributed by atoms with E-state index in [1.165, 1.54) is 18.2 Å². The van der Waals surface area contributed by atoms with Gasteiger partial charge in [-0.15, -0.1) is 0 Å². The maximum atomic E-state index is 13.9. The van der Waals surface area contributed by atoms with E-state index in [0.29, 0.717) is 25.1 Å². The van der Waals surface area contributed by atoms with E-state index < -0.39 is 74.2 Å². The highest BCUT2D eigenvalue weighted by molar-refractivity contribution is 7.86. The van der Waals surface area contributed by atoms with Gasteiger partial charge in [-0.25, -0.2) is 0 Å². The summed E-state index contributed by atoms with van der Waals surface area (Å²) in [5.41, 5.74) is -5.17. The molecule has 2 N–H and O–H groups in total. The van der Waals surface area contributed by atoms with E-state index in [-0.39, 0.29) is 0 Å². The van der Waals surface area contributed by atoms with Crippen LogP contribution in [0.15, 0.2) is 66.7 Å². The smallest absolute Gasteiger partial charge is 0.432 e. The first-order valence-electron chi connectivity index (χ1n) is 11.6. The number of halogens is 11. The van der Waals surface area contributed by atoms with Crippen molar-refractivity contribution in [1.29, 1.82) is 0 Å². The normalized spacial score (nSPS) is 15.1. The molecule has 3 aromatic carbocycles. The molecule has 6 nitrogen and oxygen atoms in total. The summed E-state index contributed by atoms with van der Waals surface area (Å²) in [7, 11) is -7.63. The van der Waals surface area contributed by atoms with Gasteiger partial charge in [-0.2, -0.15) is 56.7 Å². The number of hydrogen-bond acceptors (Lipinski definition) is 5. The minimum absolute atomic E-state index is 0.300. The van der Waals surface area contributed by atoms with Crippen molar-refractivity contribution in [2.75, 3.05) is 6.61 Å². The van der Waals surface area contributed by atoms with Crippen molar-refractivity contribution in [1.82, 2.24) is 0 Å². The van der Waals surface area contributed by atoms with E-state index in [1.54, 1.807) is 24.3 Å². The lowest BCUT2D eigenvalue weighted by atomic mass is 10.0. The van der Waals surface area contributed by atoms with Crippen LogP contribution in [0.3, 0.4) is 0 Å². The fourth-order valence-electron chi connectivity index (χ4n) is 3.99. The highest BCUT2D eigenvalue weighted by Gasteiger charge is 2.71. The molecule has 1 aromatic heterocycles. The molecular weight excluding hydrogens is 669 g/mol. The second kappa shape index (κ2) is 10.9. The number of aliphatic hydroxyl groups is 1. The van der Waals surface area contributed by atoms with Crippen LogP contribution in [0.2, 0.25) is 0 Å². The zero-order chi connectivity index (χ0) is 33.1. The van der Waals surface area contributed by atoms with Crippen molar-refractivity contribution in [2.45, 2.75) is 35.5 Å². The zero-order valence-electron chi connectivity index (χ0n) is 21.1. The molecule has 4 aromatic rings. The summed E-state index contributed by atoms with van der Waals surface area (Å²) < 4.78 is 186. The number of fused-ring (bicyclic) bond motifs is 3. The van der Waals surface area contributed by atoms with Crippen molar-refractivity contribution >= 4 is 40.8 Å². The fraction of sp³-hybridized carbons (Fsp3) is 0.280. The van der Waals surface area contributed by atoms with Gasteiger partial charge in [0.15, 0.2) is 14.3 Å². The molecule has 44 heavy (non-hydrogen) atoms. The van der Waals surface area contributed by atoms with Gasteiger partial charge in [0.25, 0.3) is 11.7 Å². The van der Waals surface area contributed by atoms with Crippen LogP contribution in [0.25, 0.3) is 25.1 Å². The molecule has 0 saturated heterocycles. The van der Waals surface area contributed by atoms with E-state index in [9.17, 15) is 61.8 Å². The molecule has 1 heterocycles. The Morgan fingerprint density at radius 3 is 1.77 bits per heavy atom. The molecule has 0 fully saturated rings. The summed E-state index contributed by atoms with van der Waals surface area (Å²) in [5, 5.41) is 4.37. The molecule has 0 aliphatic heterocycles. The van der Waals surface area contributed by atoms with Crippen LogP contribution in [0, 0.1) is 0 Å². The van der Waals surface area contributed by atoms with Crippen LogP contribution in [-0.2, 0) is 10.1 Å². The predicted molar refractivity (Wildman–Crippen MR) is 135 cm³/mol. The molecule has 0 spiro atoms. The third-order valence-electron chi connectivity index (χ3n) is 6.21. The van der Waals surface area contributed by atoms with Gasteiger partial charge in [-0.3, -0.25) is 4.55 Å². The van der Waals surface area contributed by atoms with Gasteiger partial charge in [0, 0.05) is 34.1 Å². The van der Waals surface area contributed by atoms with E-state index >= 15 is 0 Å². The second-order valence-electron chi connectivity index (χ2n) is 9.15. The summed E-state index contributed by atoms with van der Waals surface area (Å²) in [5.74, 6) is -1.31. The lowest BCUT2D eigenvalue weighted by molar-refractivity contribution is -0.373. The summed E-state index contributed by atoms with van der Waals surface area (Å²) in [4.78, 5) is 0.339. The molecule has 0 saturated carbocycles. The van der Waals surface area contributed by atoms with Crippen LogP contribution < -0.4 is 9.47 Å². The van der Waals surface area contributed by atoms with Crippen molar-refractivity contribution in [3.8, 4) is 16.4 Å². The highest BCUT2D eigenvalue weighted by atomic mass is 32.2. The van der Waals surface area contributed by atoms with Crippen LogP contribution in [0.5, 0.6) is 11.5 Å². The number of hydrogen-bond donors (Lipinski definition) is 2. The molecule has 0 amide bonds. The fourth-order valence-corrected chi connectivity index (χ4v) is 6.80. The third-order valence-corrected chi connectivity index (χ3v) is 9.45. The van der Waals surface area contributed by atoms with Gasteiger partial charge in [0.05, 0.1) is 5.39 Å². The van der Waals surface area contributed by atoms with E-state index in [0.717, 1.165) is 24.3 Å². The molecule has 2 unspecified atom stereocenters. The summed E-state index contributed by atoms with van der Waals surface area (Å²) in [6.07, 6.45) is -22.4. The van der Waals surface area contributed by atoms with E-state index in [1.807, 2.05) is 0 Å². The summed E-state index contributed by atoms with van der Waals surface area (Å²) in [6.45, 7) is -2.21. The molecule has 19 heteroatoms. The van der Waals surface area contributed by atoms with Gasteiger partial charge in [-0.1, -0.05) is 12.1 Å². The Kier molecular flexibility index (Phi) is 8.28. The molecule has 4 rings (SSSR count). The Balaban J connectivity index is 1.72. The lowest BCUT2D eigenvalue weighted by Gasteiger charge is -2.31. The van der Waals surface area contributed by atoms with Gasteiger partial charge >= 0.3 is 33.9 Å². The van der Waals surface area contributed by atoms with Crippen LogP contribution in [0.4, 0.5) is 48.3 Å². The summed E-state index contributed by atoms with van der Waals surface area (Å²) >= 11 is 0. The molecular formula is C25H16F11O6S2+. The number of ether oxygens (including phenoxy) is 2. The maximum absolute atomic E-state index is 13.9. The van der Waals surface area contributed by atoms with E-state index in [2.05, 4.69) is 4.74 Å². The predicted octanol–water partition coefficient (Wildman–Crippen LogP) is 7.76. The molecule has 2 atom stereocenters. The molecule has 0 aliphatic carbocycles. The number of alkyl halides is 11. The van der Waals surface area contributed by atoms with E-state index in [4.69, 9.17) is 9.29 Å². The highest BCUT2D eigenvalue weighted by Crippen LogP contribution is 2.50. The van der Waals surface area contributed by atoms with Crippen LogP contribution in [-0.4, -0.2) is 60.2 Å². The first-order valence-corrected chi connectivity index (χ1v) is 14.3. The number of benzene rings is 3. The van der Waals surface area contributed by atoms with Gasteiger partial charge in [-0.05, 0) is 36.4 Å². The standard InChI is InChI=1S/C25H15F11O6S2/c26-22(27,28)20(23(29,30)44(38,39)40)42-13-5-8-15(9-6-13)43-18-4-2-1-3-16(18)17-11-14(7-10-19(17)43)41-12-21(37,24(31,32)33)25(34,35)36/h1-11,20,37H,12H2/p+1. The molecule has 0 radical (unpaired) electrons. The maximum Gasteiger partial charge on any atom is 0.432 e. The topological polar surface area (TPSA) is 93.1 Å². The third kappa shape index (κ3) is 5.96. The average molecular weight is 686 g/mol. The Hall–Kier alpha value is -3.42. The van der Waals surface area contributed by atoms with Gasteiger partial charge in [0.2, 0.25) is 0 Å². The Morgan fingerprint density at radius 1 is 0.727 bits per heavy atom. The summed E-state index contributed by atoms with van der Waals surface area (Å²) in [6, 6.07) is 13.8. The molecule has 0 aliphatic rings. The Bertz CT molecular complexity index is 1760. The van der Waals surface area contributed by atoms with Gasteiger partial charge < -0.3 is 14.6 Å². The SMILES string of the molecule is O=S(=O)(O)C(F)(F)C(Oc1ccc(-[s+]2c3ccccc3c3cc(OCC(O)(C(F)(F)F)C(F)(F)F)ccc32)cc1)C(F)(F)F. The molecule has 0 bridgehead atoms.